The molecule has 0 saturated heterocycles. The molecule has 2 N–H and O–H groups in total. The molecule has 6 nitrogen and oxygen atoms in total. The fourth-order valence-electron chi connectivity index (χ4n) is 2.38. The first kappa shape index (κ1) is 21.2. The largest absolute Gasteiger partial charge is 0.497 e. The molecule has 2 aromatic rings. The predicted octanol–water partition coefficient (Wildman–Crippen LogP) is 3.16. The average molecular weight is 396 g/mol. The SMILES string of the molecule is COc1cccc(C(CNC(=O)C(=O)Nc2ccc(C(F)(F)F)cc2)OC)c1. The molecule has 0 aliphatic carbocycles. The number of rotatable bonds is 6. The second-order valence-electron chi connectivity index (χ2n) is 5.74. The molecule has 1 unspecified atom stereocenters. The Kier molecular flexibility index (Phi) is 7.00. The molecule has 0 aliphatic rings. The van der Waals surface area contributed by atoms with Gasteiger partial charge in [-0.25, -0.2) is 0 Å². The van der Waals surface area contributed by atoms with Gasteiger partial charge < -0.3 is 20.1 Å². The first-order valence-corrected chi connectivity index (χ1v) is 8.17. The lowest BCUT2D eigenvalue weighted by molar-refractivity contribution is -0.137. The van der Waals surface area contributed by atoms with Crippen molar-refractivity contribution in [3.8, 4) is 5.75 Å². The summed E-state index contributed by atoms with van der Waals surface area (Å²) in [6.45, 7) is 0.0168. The van der Waals surface area contributed by atoms with Crippen molar-refractivity contribution in [2.45, 2.75) is 12.3 Å². The van der Waals surface area contributed by atoms with Crippen LogP contribution in [-0.2, 0) is 20.5 Å². The van der Waals surface area contributed by atoms with Crippen LogP contribution in [0.3, 0.4) is 0 Å². The maximum absolute atomic E-state index is 12.5. The third-order valence-corrected chi connectivity index (χ3v) is 3.87. The van der Waals surface area contributed by atoms with Gasteiger partial charge in [0.2, 0.25) is 0 Å². The lowest BCUT2D eigenvalue weighted by atomic mass is 10.1. The number of nitrogens with one attached hydrogen (secondary N) is 2. The lowest BCUT2D eigenvalue weighted by Gasteiger charge is -2.17. The number of alkyl halides is 3. The molecule has 2 aromatic carbocycles. The van der Waals surface area contributed by atoms with Gasteiger partial charge >= 0.3 is 18.0 Å². The number of methoxy groups -OCH3 is 2. The number of anilines is 1. The van der Waals surface area contributed by atoms with Crippen LogP contribution in [0.15, 0.2) is 48.5 Å². The van der Waals surface area contributed by atoms with E-state index in [1.807, 2.05) is 0 Å². The van der Waals surface area contributed by atoms with Crippen molar-refractivity contribution in [1.29, 1.82) is 0 Å². The van der Waals surface area contributed by atoms with Crippen LogP contribution >= 0.6 is 0 Å². The maximum Gasteiger partial charge on any atom is 0.416 e. The van der Waals surface area contributed by atoms with E-state index in [1.54, 1.807) is 24.3 Å². The predicted molar refractivity (Wildman–Crippen MR) is 95.8 cm³/mol. The molecule has 2 amide bonds. The van der Waals surface area contributed by atoms with Gasteiger partial charge in [0.15, 0.2) is 0 Å². The highest BCUT2D eigenvalue weighted by Gasteiger charge is 2.30. The molecule has 9 heteroatoms. The van der Waals surface area contributed by atoms with Gasteiger partial charge in [-0.2, -0.15) is 13.2 Å². The lowest BCUT2D eigenvalue weighted by Crippen LogP contribution is -2.38. The third-order valence-electron chi connectivity index (χ3n) is 3.87. The molecule has 0 bridgehead atoms. The number of benzene rings is 2. The number of hydrogen-bond donors (Lipinski definition) is 2. The van der Waals surface area contributed by atoms with Gasteiger partial charge in [0.05, 0.1) is 18.8 Å². The highest BCUT2D eigenvalue weighted by atomic mass is 19.4. The zero-order valence-electron chi connectivity index (χ0n) is 15.2. The van der Waals surface area contributed by atoms with Crippen LogP contribution < -0.4 is 15.4 Å². The molecule has 0 aliphatic heterocycles. The second kappa shape index (κ2) is 9.23. The van der Waals surface area contributed by atoms with Crippen molar-refractivity contribution < 1.29 is 32.2 Å². The number of carbonyl (C=O) groups is 2. The van der Waals surface area contributed by atoms with Gasteiger partial charge in [-0.3, -0.25) is 9.59 Å². The van der Waals surface area contributed by atoms with Crippen molar-refractivity contribution in [3.63, 3.8) is 0 Å². The molecule has 0 radical (unpaired) electrons. The smallest absolute Gasteiger partial charge is 0.416 e. The zero-order chi connectivity index (χ0) is 20.7. The Hall–Kier alpha value is -3.07. The standard InChI is InChI=1S/C19H19F3N2O4/c1-27-15-5-3-4-12(10-15)16(28-2)11-23-17(25)18(26)24-14-8-6-13(7-9-14)19(20,21)22/h3-10,16H,11H2,1-2H3,(H,23,25)(H,24,26). The minimum atomic E-state index is -4.48. The first-order chi connectivity index (χ1) is 13.2. The molecule has 2 rings (SSSR count). The average Bonchev–Trinajstić information content (AvgIpc) is 2.68. The van der Waals surface area contributed by atoms with Crippen LogP contribution in [0.25, 0.3) is 0 Å². The summed E-state index contributed by atoms with van der Waals surface area (Å²) in [5.74, 6) is -1.32. The van der Waals surface area contributed by atoms with Crippen molar-refractivity contribution >= 4 is 17.5 Å². The summed E-state index contributed by atoms with van der Waals surface area (Å²) in [7, 11) is 2.98. The van der Waals surface area contributed by atoms with Gasteiger partial charge in [0, 0.05) is 19.3 Å². The summed E-state index contributed by atoms with van der Waals surface area (Å²) >= 11 is 0. The van der Waals surface area contributed by atoms with Crippen LogP contribution in [0.4, 0.5) is 18.9 Å². The highest BCUT2D eigenvalue weighted by Crippen LogP contribution is 2.29. The summed E-state index contributed by atoms with van der Waals surface area (Å²) in [5.41, 5.74) is -0.0364. The van der Waals surface area contributed by atoms with E-state index in [4.69, 9.17) is 9.47 Å². The van der Waals surface area contributed by atoms with Crippen LogP contribution in [0.2, 0.25) is 0 Å². The van der Waals surface area contributed by atoms with Gasteiger partial charge in [-0.05, 0) is 42.0 Å². The van der Waals surface area contributed by atoms with E-state index in [2.05, 4.69) is 10.6 Å². The quantitative estimate of drug-likeness (QED) is 0.736. The van der Waals surface area contributed by atoms with E-state index in [9.17, 15) is 22.8 Å². The van der Waals surface area contributed by atoms with Crippen molar-refractivity contribution in [3.05, 3.63) is 59.7 Å². The molecule has 150 valence electrons. The van der Waals surface area contributed by atoms with Gasteiger partial charge in [-0.15, -0.1) is 0 Å². The second-order valence-corrected chi connectivity index (χ2v) is 5.74. The Balaban J connectivity index is 1.93. The molecule has 1 atom stereocenters. The molecule has 0 saturated carbocycles. The van der Waals surface area contributed by atoms with Crippen LogP contribution in [0.1, 0.15) is 17.2 Å². The first-order valence-electron chi connectivity index (χ1n) is 8.17. The zero-order valence-corrected chi connectivity index (χ0v) is 15.2. The van der Waals surface area contributed by atoms with Crippen LogP contribution in [0.5, 0.6) is 5.75 Å². The molecular weight excluding hydrogens is 377 g/mol. The normalized spacial score (nSPS) is 12.2. The Labute approximate surface area is 159 Å². The summed E-state index contributed by atoms with van der Waals surface area (Å²) in [6, 6.07) is 10.8. The molecule has 0 heterocycles. The van der Waals surface area contributed by atoms with E-state index < -0.39 is 29.7 Å². The van der Waals surface area contributed by atoms with E-state index >= 15 is 0 Å². The molecule has 28 heavy (non-hydrogen) atoms. The Morgan fingerprint density at radius 3 is 2.29 bits per heavy atom. The molecule has 0 aromatic heterocycles. The van der Waals surface area contributed by atoms with Gasteiger partial charge in [-0.1, -0.05) is 12.1 Å². The Morgan fingerprint density at radius 1 is 1.04 bits per heavy atom. The van der Waals surface area contributed by atoms with Gasteiger partial charge in [0.25, 0.3) is 0 Å². The fraction of sp³-hybridized carbons (Fsp3) is 0.263. The van der Waals surface area contributed by atoms with Crippen LogP contribution in [-0.4, -0.2) is 32.6 Å². The minimum Gasteiger partial charge on any atom is -0.497 e. The van der Waals surface area contributed by atoms with Crippen molar-refractivity contribution in [2.24, 2.45) is 0 Å². The summed E-state index contributed by atoms with van der Waals surface area (Å²) < 4.78 is 48.1. The Morgan fingerprint density at radius 2 is 1.71 bits per heavy atom. The highest BCUT2D eigenvalue weighted by molar-refractivity contribution is 6.39. The van der Waals surface area contributed by atoms with E-state index in [1.165, 1.54) is 14.2 Å². The monoisotopic (exact) mass is 396 g/mol. The minimum absolute atomic E-state index is 0.0168. The number of amides is 2. The Bertz CT molecular complexity index is 823. The molecular formula is C19H19F3N2O4. The van der Waals surface area contributed by atoms with E-state index in [0.29, 0.717) is 5.75 Å². The van der Waals surface area contributed by atoms with Crippen LogP contribution in [0, 0.1) is 0 Å². The number of halogens is 3. The summed E-state index contributed by atoms with van der Waals surface area (Å²) in [6.07, 6.45) is -4.99. The fourth-order valence-corrected chi connectivity index (χ4v) is 2.38. The molecule has 0 spiro atoms. The topological polar surface area (TPSA) is 76.7 Å². The van der Waals surface area contributed by atoms with E-state index in [0.717, 1.165) is 29.8 Å². The molecule has 0 fully saturated rings. The van der Waals surface area contributed by atoms with E-state index in [-0.39, 0.29) is 12.2 Å². The maximum atomic E-state index is 12.5. The summed E-state index contributed by atoms with van der Waals surface area (Å²) in [4.78, 5) is 23.9. The number of hydrogen-bond acceptors (Lipinski definition) is 4. The van der Waals surface area contributed by atoms with Gasteiger partial charge in [0.1, 0.15) is 5.75 Å². The number of carbonyl (C=O) groups excluding carboxylic acids is 2. The summed E-state index contributed by atoms with van der Waals surface area (Å²) in [5, 5.41) is 4.67. The number of ether oxygens (including phenoxy) is 2. The third kappa shape index (κ3) is 5.71. The van der Waals surface area contributed by atoms with Crippen molar-refractivity contribution in [2.75, 3.05) is 26.1 Å². The van der Waals surface area contributed by atoms with Crippen molar-refractivity contribution in [1.82, 2.24) is 5.32 Å².